The second-order valence-corrected chi connectivity index (χ2v) is 6.40. The van der Waals surface area contributed by atoms with E-state index >= 15 is 0 Å². The third-order valence-corrected chi connectivity index (χ3v) is 4.29. The molecule has 1 heterocycles. The molecule has 0 bridgehead atoms. The minimum Gasteiger partial charge on any atom is -0.477 e. The Morgan fingerprint density at radius 1 is 1.10 bits per heavy atom. The van der Waals surface area contributed by atoms with Gasteiger partial charge >= 0.3 is 5.97 Å². The lowest BCUT2D eigenvalue weighted by Gasteiger charge is -2.12. The number of rotatable bonds is 5. The van der Waals surface area contributed by atoms with Crippen LogP contribution in [0.15, 0.2) is 42.7 Å². The minimum absolute atomic E-state index is 0.0164. The van der Waals surface area contributed by atoms with E-state index in [1.807, 2.05) is 0 Å². The van der Waals surface area contributed by atoms with E-state index in [0.29, 0.717) is 16.9 Å². The van der Waals surface area contributed by atoms with Crippen molar-refractivity contribution in [3.8, 4) is 0 Å². The van der Waals surface area contributed by atoms with Gasteiger partial charge in [0.1, 0.15) is 5.82 Å². The number of amides is 2. The topological polar surface area (TPSA) is 124 Å². The molecule has 0 aliphatic carbocycles. The van der Waals surface area contributed by atoms with E-state index in [1.54, 1.807) is 19.1 Å². The van der Waals surface area contributed by atoms with Crippen molar-refractivity contribution >= 4 is 40.8 Å². The molecule has 0 saturated carbocycles. The molecule has 29 heavy (non-hydrogen) atoms. The van der Waals surface area contributed by atoms with E-state index in [4.69, 9.17) is 16.7 Å². The normalized spacial score (nSPS) is 10.4. The Kier molecular flexibility index (Phi) is 5.60. The van der Waals surface area contributed by atoms with Crippen LogP contribution in [0.4, 0.5) is 15.8 Å². The maximum absolute atomic E-state index is 13.1. The van der Waals surface area contributed by atoms with Gasteiger partial charge in [-0.15, -0.1) is 0 Å². The molecular weight excluding hydrogens is 403 g/mol. The van der Waals surface area contributed by atoms with E-state index in [-0.39, 0.29) is 22.0 Å². The van der Waals surface area contributed by atoms with Crippen molar-refractivity contribution in [1.82, 2.24) is 9.97 Å². The van der Waals surface area contributed by atoms with Crippen molar-refractivity contribution < 1.29 is 23.9 Å². The number of nitrogens with zero attached hydrogens (tertiary/aromatic N) is 1. The van der Waals surface area contributed by atoms with E-state index in [2.05, 4.69) is 20.6 Å². The van der Waals surface area contributed by atoms with Crippen molar-refractivity contribution in [2.45, 2.75) is 6.92 Å². The Balaban J connectivity index is 1.74. The smallest absolute Gasteiger partial charge is 0.354 e. The molecule has 0 aliphatic heterocycles. The van der Waals surface area contributed by atoms with Crippen LogP contribution in [-0.4, -0.2) is 32.9 Å². The zero-order valence-electron chi connectivity index (χ0n) is 14.9. The van der Waals surface area contributed by atoms with Gasteiger partial charge in [0, 0.05) is 11.4 Å². The van der Waals surface area contributed by atoms with Gasteiger partial charge in [0.2, 0.25) is 0 Å². The van der Waals surface area contributed by atoms with Crippen molar-refractivity contribution in [2.75, 3.05) is 10.6 Å². The van der Waals surface area contributed by atoms with E-state index in [9.17, 15) is 18.8 Å². The highest BCUT2D eigenvalue weighted by atomic mass is 35.5. The maximum atomic E-state index is 13.1. The summed E-state index contributed by atoms with van der Waals surface area (Å²) in [5, 5.41) is 14.2. The molecule has 0 spiro atoms. The van der Waals surface area contributed by atoms with Crippen LogP contribution < -0.4 is 10.6 Å². The van der Waals surface area contributed by atoms with Gasteiger partial charge in [-0.1, -0.05) is 11.6 Å². The number of carboxylic acids is 1. The zero-order chi connectivity index (χ0) is 21.1. The first-order valence-corrected chi connectivity index (χ1v) is 8.59. The van der Waals surface area contributed by atoms with E-state index in [0.717, 1.165) is 18.5 Å². The molecule has 4 N–H and O–H groups in total. The highest BCUT2D eigenvalue weighted by molar-refractivity contribution is 6.34. The number of imidazole rings is 1. The highest BCUT2D eigenvalue weighted by Crippen LogP contribution is 2.23. The fraction of sp³-hybridized carbons (Fsp3) is 0.0526. The number of aromatic amines is 1. The van der Waals surface area contributed by atoms with E-state index < -0.39 is 23.6 Å². The standard InChI is InChI=1S/C19H14ClFN4O4/c1-9-6-11(24-18(27)15-16(19(28)29)23-8-22-15)3-5-14(9)25-17(26)12-4-2-10(21)7-13(12)20/h2-8H,1H3,(H,22,23)(H,24,27)(H,25,26)(H,28,29). The Morgan fingerprint density at radius 3 is 2.52 bits per heavy atom. The molecule has 0 radical (unpaired) electrons. The summed E-state index contributed by atoms with van der Waals surface area (Å²) in [6.07, 6.45) is 1.11. The lowest BCUT2D eigenvalue weighted by Crippen LogP contribution is -2.17. The molecule has 3 aromatic rings. The zero-order valence-corrected chi connectivity index (χ0v) is 15.7. The second-order valence-electron chi connectivity index (χ2n) is 5.99. The molecular formula is C19H14ClFN4O4. The van der Waals surface area contributed by atoms with Crippen molar-refractivity contribution in [3.63, 3.8) is 0 Å². The van der Waals surface area contributed by atoms with Crippen LogP contribution in [0.1, 0.15) is 36.9 Å². The molecule has 1 aromatic heterocycles. The van der Waals surface area contributed by atoms with Gasteiger partial charge < -0.3 is 20.7 Å². The number of H-pyrrole nitrogens is 1. The van der Waals surface area contributed by atoms with Crippen molar-refractivity contribution in [2.24, 2.45) is 0 Å². The molecule has 148 valence electrons. The number of aromatic carboxylic acids is 1. The third-order valence-electron chi connectivity index (χ3n) is 3.98. The number of hydrogen-bond acceptors (Lipinski definition) is 4. The van der Waals surface area contributed by atoms with Crippen LogP contribution >= 0.6 is 11.6 Å². The summed E-state index contributed by atoms with van der Waals surface area (Å²) in [7, 11) is 0. The molecule has 0 atom stereocenters. The van der Waals surface area contributed by atoms with Gasteiger partial charge in [0.05, 0.1) is 16.9 Å². The largest absolute Gasteiger partial charge is 0.477 e. The molecule has 0 aliphatic rings. The predicted molar refractivity (Wildman–Crippen MR) is 104 cm³/mol. The molecule has 0 fully saturated rings. The average Bonchev–Trinajstić information content (AvgIpc) is 3.14. The quantitative estimate of drug-likeness (QED) is 0.504. The van der Waals surface area contributed by atoms with Gasteiger partial charge in [-0.3, -0.25) is 9.59 Å². The fourth-order valence-electron chi connectivity index (χ4n) is 2.56. The number of carboxylic acid groups (broad SMARTS) is 1. The Bertz CT molecular complexity index is 1130. The number of hydrogen-bond donors (Lipinski definition) is 4. The number of nitrogens with one attached hydrogen (secondary N) is 3. The number of carbonyl (C=O) groups is 3. The highest BCUT2D eigenvalue weighted by Gasteiger charge is 2.20. The Morgan fingerprint density at radius 2 is 1.86 bits per heavy atom. The lowest BCUT2D eigenvalue weighted by molar-refractivity contribution is 0.0686. The maximum Gasteiger partial charge on any atom is 0.354 e. The summed E-state index contributed by atoms with van der Waals surface area (Å²) >= 11 is 5.90. The number of aromatic nitrogens is 2. The SMILES string of the molecule is Cc1cc(NC(=O)c2nc[nH]c2C(=O)O)ccc1NC(=O)c1ccc(F)cc1Cl. The van der Waals surface area contributed by atoms with Gasteiger partial charge in [-0.05, 0) is 48.9 Å². The number of aryl methyl sites for hydroxylation is 1. The summed E-state index contributed by atoms with van der Waals surface area (Å²) in [4.78, 5) is 41.8. The second kappa shape index (κ2) is 8.11. The van der Waals surface area contributed by atoms with Gasteiger partial charge in [-0.2, -0.15) is 0 Å². The first-order valence-electron chi connectivity index (χ1n) is 8.21. The molecule has 2 aromatic carbocycles. The summed E-state index contributed by atoms with van der Waals surface area (Å²) in [5.74, 6) is -3.07. The molecule has 0 saturated heterocycles. The number of benzene rings is 2. The van der Waals surface area contributed by atoms with Crippen LogP contribution in [-0.2, 0) is 0 Å². The van der Waals surface area contributed by atoms with Crippen LogP contribution in [0, 0.1) is 12.7 Å². The van der Waals surface area contributed by atoms with Crippen LogP contribution in [0.2, 0.25) is 5.02 Å². The molecule has 0 unspecified atom stereocenters. The monoisotopic (exact) mass is 416 g/mol. The number of halogens is 2. The number of carbonyl (C=O) groups excluding carboxylic acids is 2. The fourth-order valence-corrected chi connectivity index (χ4v) is 2.82. The van der Waals surface area contributed by atoms with Gasteiger partial charge in [0.15, 0.2) is 11.4 Å². The molecule has 2 amide bonds. The first kappa shape index (κ1) is 20.0. The van der Waals surface area contributed by atoms with Gasteiger partial charge in [0.25, 0.3) is 11.8 Å². The molecule has 3 rings (SSSR count). The predicted octanol–water partition coefficient (Wildman–Crippen LogP) is 3.71. The van der Waals surface area contributed by atoms with Crippen molar-refractivity contribution in [3.05, 3.63) is 76.1 Å². The summed E-state index contributed by atoms with van der Waals surface area (Å²) < 4.78 is 13.1. The van der Waals surface area contributed by atoms with Crippen LogP contribution in [0.5, 0.6) is 0 Å². The molecule has 8 nitrogen and oxygen atoms in total. The lowest BCUT2D eigenvalue weighted by atomic mass is 10.1. The van der Waals surface area contributed by atoms with Crippen LogP contribution in [0.3, 0.4) is 0 Å². The summed E-state index contributed by atoms with van der Waals surface area (Å²) in [6, 6.07) is 8.13. The van der Waals surface area contributed by atoms with Crippen LogP contribution in [0.25, 0.3) is 0 Å². The van der Waals surface area contributed by atoms with Gasteiger partial charge in [-0.25, -0.2) is 14.2 Å². The first-order chi connectivity index (χ1) is 13.8. The Labute approximate surface area is 168 Å². The molecule has 10 heteroatoms. The summed E-state index contributed by atoms with van der Waals surface area (Å²) in [5.41, 5.74) is 1.00. The minimum atomic E-state index is -1.30. The third kappa shape index (κ3) is 4.41. The van der Waals surface area contributed by atoms with Crippen molar-refractivity contribution in [1.29, 1.82) is 0 Å². The van der Waals surface area contributed by atoms with E-state index in [1.165, 1.54) is 12.1 Å². The number of anilines is 2. The summed E-state index contributed by atoms with van der Waals surface area (Å²) in [6.45, 7) is 1.70. The average molecular weight is 417 g/mol. The Hall–Kier alpha value is -3.72.